The number of carbonyl (C=O) groups excluding carboxylic acids is 1. The number of thiazole rings is 1. The lowest BCUT2D eigenvalue weighted by atomic mass is 10.1. The van der Waals surface area contributed by atoms with Gasteiger partial charge in [-0.25, -0.2) is 9.37 Å². The number of halogens is 1. The van der Waals surface area contributed by atoms with Crippen LogP contribution in [0, 0.1) is 26.6 Å². The number of amides is 1. The minimum atomic E-state index is -0.328. The van der Waals surface area contributed by atoms with Gasteiger partial charge < -0.3 is 10.6 Å². The largest absolute Gasteiger partial charge is 0.331 e. The van der Waals surface area contributed by atoms with Crippen LogP contribution in [0.5, 0.6) is 0 Å². The highest BCUT2D eigenvalue weighted by molar-refractivity contribution is 7.17. The minimum absolute atomic E-state index is 0.202. The normalized spacial score (nSPS) is 10.6. The van der Waals surface area contributed by atoms with Crippen molar-refractivity contribution in [2.45, 2.75) is 20.8 Å². The number of carbonyl (C=O) groups is 1. The van der Waals surface area contributed by atoms with Crippen LogP contribution in [0.2, 0.25) is 0 Å². The molecule has 1 amide bonds. The number of nitrogens with zero attached hydrogens (tertiary/aromatic N) is 1. The van der Waals surface area contributed by atoms with E-state index >= 15 is 0 Å². The Hall–Kier alpha value is -2.73. The second-order valence-corrected chi connectivity index (χ2v) is 6.90. The highest BCUT2D eigenvalue weighted by Crippen LogP contribution is 2.27. The molecule has 1 aromatic heterocycles. The number of aryl methyl sites for hydroxylation is 3. The average Bonchev–Trinajstić information content (AvgIpc) is 2.86. The highest BCUT2D eigenvalue weighted by Gasteiger charge is 2.16. The SMILES string of the molecule is Cc1cc(C)cc(NC(=O)c2sc(Nc3cccc(F)c3)nc2C)c1. The summed E-state index contributed by atoms with van der Waals surface area (Å²) >= 11 is 1.24. The van der Waals surface area contributed by atoms with Crippen molar-refractivity contribution in [2.24, 2.45) is 0 Å². The lowest BCUT2D eigenvalue weighted by molar-refractivity contribution is 0.103. The van der Waals surface area contributed by atoms with E-state index in [0.717, 1.165) is 16.8 Å². The second kappa shape index (κ2) is 7.03. The zero-order chi connectivity index (χ0) is 18.0. The third-order valence-electron chi connectivity index (χ3n) is 3.56. The molecule has 2 N–H and O–H groups in total. The smallest absolute Gasteiger partial charge is 0.267 e. The minimum Gasteiger partial charge on any atom is -0.331 e. The van der Waals surface area contributed by atoms with E-state index in [0.29, 0.717) is 21.4 Å². The Morgan fingerprint density at radius 1 is 1.04 bits per heavy atom. The number of rotatable bonds is 4. The maximum absolute atomic E-state index is 13.3. The summed E-state index contributed by atoms with van der Waals surface area (Å²) in [5.74, 6) is -0.529. The van der Waals surface area contributed by atoms with Gasteiger partial charge in [-0.05, 0) is 62.2 Å². The molecule has 0 fully saturated rings. The van der Waals surface area contributed by atoms with Gasteiger partial charge in [-0.2, -0.15) is 0 Å². The van der Waals surface area contributed by atoms with E-state index in [9.17, 15) is 9.18 Å². The Morgan fingerprint density at radius 3 is 2.44 bits per heavy atom. The number of hydrogen-bond donors (Lipinski definition) is 2. The molecule has 0 aliphatic heterocycles. The van der Waals surface area contributed by atoms with Crippen molar-refractivity contribution in [3.8, 4) is 0 Å². The molecule has 25 heavy (non-hydrogen) atoms. The molecular weight excluding hydrogens is 337 g/mol. The maximum atomic E-state index is 13.3. The molecule has 0 saturated heterocycles. The van der Waals surface area contributed by atoms with E-state index in [4.69, 9.17) is 0 Å². The lowest BCUT2D eigenvalue weighted by Crippen LogP contribution is -2.11. The van der Waals surface area contributed by atoms with Gasteiger partial charge in [-0.1, -0.05) is 23.5 Å². The third kappa shape index (κ3) is 4.22. The molecule has 0 aliphatic rings. The lowest BCUT2D eigenvalue weighted by Gasteiger charge is -2.06. The summed E-state index contributed by atoms with van der Waals surface area (Å²) in [5.41, 5.74) is 4.16. The molecule has 0 bridgehead atoms. The monoisotopic (exact) mass is 355 g/mol. The van der Waals surface area contributed by atoms with E-state index in [-0.39, 0.29) is 11.7 Å². The zero-order valence-electron chi connectivity index (χ0n) is 14.2. The molecule has 3 aromatic rings. The Morgan fingerprint density at radius 2 is 1.76 bits per heavy atom. The summed E-state index contributed by atoms with van der Waals surface area (Å²) in [4.78, 5) is 17.4. The molecular formula is C19H18FN3OS. The van der Waals surface area contributed by atoms with Crippen molar-refractivity contribution in [2.75, 3.05) is 10.6 Å². The molecule has 0 aliphatic carbocycles. The second-order valence-electron chi connectivity index (χ2n) is 5.90. The number of benzene rings is 2. The quantitative estimate of drug-likeness (QED) is 0.676. The molecule has 2 aromatic carbocycles. The van der Waals surface area contributed by atoms with Crippen molar-refractivity contribution in [3.05, 3.63) is 70.0 Å². The summed E-state index contributed by atoms with van der Waals surface area (Å²) in [7, 11) is 0. The standard InChI is InChI=1S/C19H18FN3OS/c1-11-7-12(2)9-16(8-11)22-18(24)17-13(3)21-19(25-17)23-15-6-4-5-14(20)10-15/h4-10H,1-3H3,(H,21,23)(H,22,24). The van der Waals surface area contributed by atoms with Gasteiger partial charge >= 0.3 is 0 Å². The van der Waals surface area contributed by atoms with Crippen LogP contribution in [0.3, 0.4) is 0 Å². The molecule has 0 saturated carbocycles. The predicted octanol–water partition coefficient (Wildman–Crippen LogP) is 5.20. The van der Waals surface area contributed by atoms with Crippen molar-refractivity contribution < 1.29 is 9.18 Å². The third-order valence-corrected chi connectivity index (χ3v) is 4.63. The Labute approximate surface area is 149 Å². The van der Waals surface area contributed by atoms with E-state index in [1.807, 2.05) is 26.0 Å². The molecule has 1 heterocycles. The fourth-order valence-corrected chi connectivity index (χ4v) is 3.47. The first kappa shape index (κ1) is 17.1. The van der Waals surface area contributed by atoms with Gasteiger partial charge in [0.2, 0.25) is 0 Å². The highest BCUT2D eigenvalue weighted by atomic mass is 32.1. The van der Waals surface area contributed by atoms with E-state index in [1.54, 1.807) is 19.1 Å². The zero-order valence-corrected chi connectivity index (χ0v) is 15.0. The number of hydrogen-bond acceptors (Lipinski definition) is 4. The van der Waals surface area contributed by atoms with Crippen molar-refractivity contribution >= 4 is 33.8 Å². The Balaban J connectivity index is 1.78. The summed E-state index contributed by atoms with van der Waals surface area (Å²) in [6.07, 6.45) is 0. The first-order chi connectivity index (χ1) is 11.9. The van der Waals surface area contributed by atoms with E-state index in [1.165, 1.54) is 23.5 Å². The fourth-order valence-electron chi connectivity index (χ4n) is 2.58. The molecule has 6 heteroatoms. The molecule has 4 nitrogen and oxygen atoms in total. The van der Waals surface area contributed by atoms with Gasteiger partial charge in [0.05, 0.1) is 5.69 Å². The van der Waals surface area contributed by atoms with Crippen molar-refractivity contribution in [1.29, 1.82) is 0 Å². The van der Waals surface area contributed by atoms with Gasteiger partial charge in [0, 0.05) is 11.4 Å². The predicted molar refractivity (Wildman–Crippen MR) is 100 cm³/mol. The number of nitrogens with one attached hydrogen (secondary N) is 2. The van der Waals surface area contributed by atoms with Gasteiger partial charge in [0.25, 0.3) is 5.91 Å². The summed E-state index contributed by atoms with van der Waals surface area (Å²) in [6.45, 7) is 5.76. The van der Waals surface area contributed by atoms with Crippen LogP contribution in [0.1, 0.15) is 26.5 Å². The van der Waals surface area contributed by atoms with Gasteiger partial charge in [0.1, 0.15) is 10.7 Å². The Bertz CT molecular complexity index is 916. The van der Waals surface area contributed by atoms with Gasteiger partial charge in [-0.3, -0.25) is 4.79 Å². The Kier molecular flexibility index (Phi) is 4.81. The summed E-state index contributed by atoms with van der Waals surface area (Å²) in [5, 5.41) is 6.49. The molecule has 0 radical (unpaired) electrons. The summed E-state index contributed by atoms with van der Waals surface area (Å²) in [6, 6.07) is 12.0. The molecule has 0 spiro atoms. The average molecular weight is 355 g/mol. The van der Waals surface area contributed by atoms with E-state index in [2.05, 4.69) is 21.7 Å². The van der Waals surface area contributed by atoms with Crippen LogP contribution >= 0.6 is 11.3 Å². The number of aromatic nitrogens is 1. The van der Waals surface area contributed by atoms with Gasteiger partial charge in [0.15, 0.2) is 5.13 Å². The van der Waals surface area contributed by atoms with Crippen molar-refractivity contribution in [3.63, 3.8) is 0 Å². The first-order valence-corrected chi connectivity index (χ1v) is 8.62. The molecule has 128 valence electrons. The van der Waals surface area contributed by atoms with Crippen LogP contribution in [-0.2, 0) is 0 Å². The van der Waals surface area contributed by atoms with Crippen LogP contribution < -0.4 is 10.6 Å². The van der Waals surface area contributed by atoms with Crippen LogP contribution in [0.4, 0.5) is 20.9 Å². The maximum Gasteiger partial charge on any atom is 0.267 e. The van der Waals surface area contributed by atoms with Crippen molar-refractivity contribution in [1.82, 2.24) is 4.98 Å². The topological polar surface area (TPSA) is 54.0 Å². The van der Waals surface area contributed by atoms with E-state index < -0.39 is 0 Å². The molecule has 0 unspecified atom stereocenters. The first-order valence-electron chi connectivity index (χ1n) is 7.80. The molecule has 3 rings (SSSR count). The molecule has 0 atom stereocenters. The summed E-state index contributed by atoms with van der Waals surface area (Å²) < 4.78 is 13.3. The van der Waals surface area contributed by atoms with Crippen LogP contribution in [-0.4, -0.2) is 10.9 Å². The van der Waals surface area contributed by atoms with Crippen LogP contribution in [0.25, 0.3) is 0 Å². The fraction of sp³-hybridized carbons (Fsp3) is 0.158. The van der Waals surface area contributed by atoms with Gasteiger partial charge in [-0.15, -0.1) is 0 Å². The number of anilines is 3. The van der Waals surface area contributed by atoms with Crippen LogP contribution in [0.15, 0.2) is 42.5 Å².